The largest absolute Gasteiger partial charge is 0.320 e. The number of hydrogen-bond acceptors (Lipinski definition) is 4. The molecule has 0 saturated heterocycles. The monoisotopic (exact) mass is 202 g/mol. The predicted octanol–water partition coefficient (Wildman–Crippen LogP) is -0.846. The number of hydrazine groups is 1. The lowest BCUT2D eigenvalue weighted by atomic mass is 10.1. The quantitative estimate of drug-likeness (QED) is 0.218. The number of nitrogens with zero attached hydrogens (tertiary/aromatic N) is 1. The molecular weight excluding hydrogens is 180 g/mol. The van der Waals surface area contributed by atoms with E-state index in [1.807, 2.05) is 21.0 Å². The molecule has 0 aliphatic carbocycles. The van der Waals surface area contributed by atoms with E-state index in [2.05, 4.69) is 15.6 Å². The molecule has 0 aliphatic heterocycles. The summed E-state index contributed by atoms with van der Waals surface area (Å²) in [6, 6.07) is 0. The Kier molecular flexibility index (Phi) is 7.37. The highest BCUT2D eigenvalue weighted by molar-refractivity contribution is 5.77. The molecule has 1 unspecified atom stereocenters. The standard InChI is InChI=1S/C9H22N4O/c1-8(9(14)12-10)7-13(3)6-4-5-11-2/h8,11H,4-7,10H2,1-3H3,(H,12,14). The Balaban J connectivity index is 3.59. The van der Waals surface area contributed by atoms with Gasteiger partial charge in [0.15, 0.2) is 0 Å². The molecule has 0 heterocycles. The molecule has 0 radical (unpaired) electrons. The van der Waals surface area contributed by atoms with Gasteiger partial charge in [-0.2, -0.15) is 0 Å². The van der Waals surface area contributed by atoms with Gasteiger partial charge in [0, 0.05) is 12.5 Å². The molecule has 14 heavy (non-hydrogen) atoms. The summed E-state index contributed by atoms with van der Waals surface area (Å²) in [6.45, 7) is 4.61. The summed E-state index contributed by atoms with van der Waals surface area (Å²) < 4.78 is 0. The molecular formula is C9H22N4O. The van der Waals surface area contributed by atoms with Crippen LogP contribution in [0.5, 0.6) is 0 Å². The van der Waals surface area contributed by atoms with Crippen molar-refractivity contribution in [2.24, 2.45) is 11.8 Å². The molecule has 0 bridgehead atoms. The third kappa shape index (κ3) is 5.90. The smallest absolute Gasteiger partial charge is 0.237 e. The first-order chi connectivity index (χ1) is 6.61. The summed E-state index contributed by atoms with van der Waals surface area (Å²) in [5, 5.41) is 3.08. The van der Waals surface area contributed by atoms with Crippen molar-refractivity contribution in [3.05, 3.63) is 0 Å². The number of amides is 1. The second kappa shape index (κ2) is 7.73. The third-order valence-electron chi connectivity index (χ3n) is 2.14. The van der Waals surface area contributed by atoms with Crippen LogP contribution in [0.15, 0.2) is 0 Å². The van der Waals surface area contributed by atoms with Crippen molar-refractivity contribution < 1.29 is 4.79 Å². The fourth-order valence-electron chi connectivity index (χ4n) is 1.31. The Bertz CT molecular complexity index is 163. The highest BCUT2D eigenvalue weighted by Crippen LogP contribution is 1.98. The van der Waals surface area contributed by atoms with Crippen molar-refractivity contribution in [2.75, 3.05) is 33.7 Å². The lowest BCUT2D eigenvalue weighted by molar-refractivity contribution is -0.125. The molecule has 1 atom stereocenters. The Hall–Kier alpha value is -0.650. The lowest BCUT2D eigenvalue weighted by Gasteiger charge is -2.19. The average Bonchev–Trinajstić information content (AvgIpc) is 2.16. The van der Waals surface area contributed by atoms with Gasteiger partial charge >= 0.3 is 0 Å². The Morgan fingerprint density at radius 1 is 1.57 bits per heavy atom. The molecule has 0 aliphatic rings. The van der Waals surface area contributed by atoms with E-state index >= 15 is 0 Å². The van der Waals surface area contributed by atoms with Crippen molar-refractivity contribution in [1.29, 1.82) is 0 Å². The van der Waals surface area contributed by atoms with Gasteiger partial charge in [0.05, 0.1) is 0 Å². The summed E-state index contributed by atoms with van der Waals surface area (Å²) in [4.78, 5) is 13.2. The van der Waals surface area contributed by atoms with Crippen LogP contribution in [-0.2, 0) is 4.79 Å². The third-order valence-corrected chi connectivity index (χ3v) is 2.14. The molecule has 84 valence electrons. The van der Waals surface area contributed by atoms with Crippen LogP contribution < -0.4 is 16.6 Å². The number of hydrogen-bond donors (Lipinski definition) is 3. The minimum Gasteiger partial charge on any atom is -0.320 e. The molecule has 0 aromatic rings. The minimum atomic E-state index is -0.106. The van der Waals surface area contributed by atoms with E-state index in [4.69, 9.17) is 5.84 Å². The van der Waals surface area contributed by atoms with Crippen LogP contribution in [0.3, 0.4) is 0 Å². The summed E-state index contributed by atoms with van der Waals surface area (Å²) >= 11 is 0. The van der Waals surface area contributed by atoms with Gasteiger partial charge in [-0.05, 0) is 33.6 Å². The van der Waals surface area contributed by atoms with Crippen molar-refractivity contribution in [3.63, 3.8) is 0 Å². The van der Waals surface area contributed by atoms with Crippen molar-refractivity contribution in [3.8, 4) is 0 Å². The van der Waals surface area contributed by atoms with Crippen LogP contribution in [0.1, 0.15) is 13.3 Å². The zero-order valence-corrected chi connectivity index (χ0v) is 9.34. The lowest BCUT2D eigenvalue weighted by Crippen LogP contribution is -2.39. The van der Waals surface area contributed by atoms with Gasteiger partial charge in [-0.3, -0.25) is 10.2 Å². The molecule has 5 heteroatoms. The molecule has 0 rings (SSSR count). The second-order valence-electron chi connectivity index (χ2n) is 3.63. The van der Waals surface area contributed by atoms with Crippen LogP contribution in [0, 0.1) is 5.92 Å². The van der Waals surface area contributed by atoms with Gasteiger partial charge < -0.3 is 10.2 Å². The van der Waals surface area contributed by atoms with E-state index in [-0.39, 0.29) is 11.8 Å². The van der Waals surface area contributed by atoms with Crippen LogP contribution in [0.4, 0.5) is 0 Å². The molecule has 0 aromatic carbocycles. The normalized spacial score (nSPS) is 12.9. The molecule has 0 aromatic heterocycles. The summed E-state index contributed by atoms with van der Waals surface area (Å²) in [7, 11) is 3.94. The van der Waals surface area contributed by atoms with Crippen LogP contribution in [0.2, 0.25) is 0 Å². The van der Waals surface area contributed by atoms with E-state index in [1.54, 1.807) is 0 Å². The van der Waals surface area contributed by atoms with E-state index in [0.717, 1.165) is 26.1 Å². The van der Waals surface area contributed by atoms with Crippen molar-refractivity contribution >= 4 is 5.91 Å². The van der Waals surface area contributed by atoms with Gasteiger partial charge in [0.2, 0.25) is 5.91 Å². The van der Waals surface area contributed by atoms with E-state index in [1.165, 1.54) is 0 Å². The highest BCUT2D eigenvalue weighted by atomic mass is 16.2. The zero-order chi connectivity index (χ0) is 11.0. The summed E-state index contributed by atoms with van der Waals surface area (Å²) in [5.41, 5.74) is 2.16. The topological polar surface area (TPSA) is 70.4 Å². The molecule has 0 fully saturated rings. The summed E-state index contributed by atoms with van der Waals surface area (Å²) in [5.74, 6) is 4.88. The van der Waals surface area contributed by atoms with E-state index in [0.29, 0.717) is 0 Å². The number of carbonyl (C=O) groups excluding carboxylic acids is 1. The van der Waals surface area contributed by atoms with Gasteiger partial charge in [0.1, 0.15) is 0 Å². The number of nitrogens with one attached hydrogen (secondary N) is 2. The minimum absolute atomic E-state index is 0.0559. The Labute approximate surface area is 86.0 Å². The first kappa shape index (κ1) is 13.4. The van der Waals surface area contributed by atoms with Crippen LogP contribution in [-0.4, -0.2) is 44.5 Å². The SMILES string of the molecule is CNCCCN(C)CC(C)C(=O)NN. The van der Waals surface area contributed by atoms with Crippen molar-refractivity contribution in [2.45, 2.75) is 13.3 Å². The number of rotatable bonds is 7. The van der Waals surface area contributed by atoms with Crippen molar-refractivity contribution in [1.82, 2.24) is 15.6 Å². The second-order valence-corrected chi connectivity index (χ2v) is 3.63. The summed E-state index contributed by atoms with van der Waals surface area (Å²) in [6.07, 6.45) is 1.09. The van der Waals surface area contributed by atoms with Crippen LogP contribution in [0.25, 0.3) is 0 Å². The number of carbonyl (C=O) groups is 1. The molecule has 5 nitrogen and oxygen atoms in total. The van der Waals surface area contributed by atoms with E-state index in [9.17, 15) is 4.79 Å². The molecule has 4 N–H and O–H groups in total. The zero-order valence-electron chi connectivity index (χ0n) is 9.34. The highest BCUT2D eigenvalue weighted by Gasteiger charge is 2.13. The number of nitrogens with two attached hydrogens (primary N) is 1. The molecule has 1 amide bonds. The van der Waals surface area contributed by atoms with E-state index < -0.39 is 0 Å². The maximum Gasteiger partial charge on any atom is 0.237 e. The fraction of sp³-hybridized carbons (Fsp3) is 0.889. The van der Waals surface area contributed by atoms with Crippen LogP contribution >= 0.6 is 0 Å². The average molecular weight is 202 g/mol. The fourth-order valence-corrected chi connectivity index (χ4v) is 1.31. The maximum atomic E-state index is 11.1. The predicted molar refractivity (Wildman–Crippen MR) is 57.5 cm³/mol. The Morgan fingerprint density at radius 3 is 2.71 bits per heavy atom. The first-order valence-corrected chi connectivity index (χ1v) is 4.95. The first-order valence-electron chi connectivity index (χ1n) is 4.95. The van der Waals surface area contributed by atoms with Gasteiger partial charge in [-0.15, -0.1) is 0 Å². The van der Waals surface area contributed by atoms with Gasteiger partial charge in [0.25, 0.3) is 0 Å². The Morgan fingerprint density at radius 2 is 2.21 bits per heavy atom. The van der Waals surface area contributed by atoms with Gasteiger partial charge in [-0.25, -0.2) is 5.84 Å². The molecule has 0 saturated carbocycles. The molecule has 0 spiro atoms. The van der Waals surface area contributed by atoms with Gasteiger partial charge in [-0.1, -0.05) is 6.92 Å². The maximum absolute atomic E-state index is 11.1.